The van der Waals surface area contributed by atoms with Crippen LogP contribution in [0.1, 0.15) is 63.9 Å². The highest BCUT2D eigenvalue weighted by Gasteiger charge is 2.39. The molecule has 4 atom stereocenters. The van der Waals surface area contributed by atoms with Gasteiger partial charge >= 0.3 is 0 Å². The second-order valence-corrected chi connectivity index (χ2v) is 14.8. The first-order chi connectivity index (χ1) is 25.7. The minimum atomic E-state index is -1.04. The summed E-state index contributed by atoms with van der Waals surface area (Å²) in [5, 5.41) is 15.8. The van der Waals surface area contributed by atoms with E-state index in [0.717, 1.165) is 28.7 Å². The van der Waals surface area contributed by atoms with Crippen molar-refractivity contribution >= 4 is 29.5 Å². The van der Waals surface area contributed by atoms with Crippen molar-refractivity contribution in [2.75, 3.05) is 26.2 Å². The largest absolute Gasteiger partial charge is 0.387 e. The molecule has 5 rings (SSSR count). The summed E-state index contributed by atoms with van der Waals surface area (Å²) in [6.45, 7) is 5.28. The minimum Gasteiger partial charge on any atom is -0.387 e. The predicted molar refractivity (Wildman–Crippen MR) is 195 cm³/mol. The number of nitrogens with zero attached hydrogens (tertiary/aromatic N) is 4. The number of imidazole rings is 1. The number of nitrogens with two attached hydrogens (primary N) is 1. The number of aliphatic hydroxyl groups is 1. The number of rotatable bonds is 15. The van der Waals surface area contributed by atoms with E-state index in [1.54, 1.807) is 10.8 Å². The first-order valence-electron chi connectivity index (χ1n) is 18.0. The predicted octanol–water partition coefficient (Wildman–Crippen LogP) is 2.83. The van der Waals surface area contributed by atoms with Gasteiger partial charge in [0.2, 0.25) is 17.7 Å². The van der Waals surface area contributed by atoms with Gasteiger partial charge in [0, 0.05) is 62.1 Å². The number of carbonyl (C=O) groups excluding carboxylic acids is 5. The van der Waals surface area contributed by atoms with E-state index in [1.807, 2.05) is 51.1 Å². The molecule has 288 valence electrons. The van der Waals surface area contributed by atoms with Gasteiger partial charge in [-0.25, -0.2) is 13.8 Å². The summed E-state index contributed by atoms with van der Waals surface area (Å²) >= 11 is 0. The Balaban J connectivity index is 1.28. The molecule has 0 unspecified atom stereocenters. The molecule has 1 fully saturated rings. The molecule has 0 bridgehead atoms. The van der Waals surface area contributed by atoms with Crippen LogP contribution in [0, 0.1) is 23.0 Å². The molecule has 1 aliphatic carbocycles. The zero-order chi connectivity index (χ0) is 39.2. The molecule has 13 nitrogen and oxygen atoms in total. The molecule has 1 aromatic heterocycles. The number of aliphatic hydroxyl groups excluding tert-OH is 1. The first kappa shape index (κ1) is 39.9. The lowest BCUT2D eigenvalue weighted by Crippen LogP contribution is -2.49. The van der Waals surface area contributed by atoms with Crippen LogP contribution in [0.3, 0.4) is 0 Å². The summed E-state index contributed by atoms with van der Waals surface area (Å²) in [4.78, 5) is 70.2. The first-order valence-corrected chi connectivity index (χ1v) is 18.0. The van der Waals surface area contributed by atoms with E-state index in [2.05, 4.69) is 10.6 Å². The van der Waals surface area contributed by atoms with E-state index >= 15 is 4.39 Å². The van der Waals surface area contributed by atoms with Crippen LogP contribution in [0.25, 0.3) is 11.3 Å². The van der Waals surface area contributed by atoms with Crippen LogP contribution >= 0.6 is 0 Å². The van der Waals surface area contributed by atoms with Gasteiger partial charge in [-0.1, -0.05) is 51.1 Å². The Hall–Kier alpha value is -5.28. The zero-order valence-electron chi connectivity index (χ0n) is 30.6. The molecule has 1 aliphatic heterocycles. The molecule has 0 saturated heterocycles. The summed E-state index contributed by atoms with van der Waals surface area (Å²) < 4.78 is 31.1. The second kappa shape index (κ2) is 17.2. The third kappa shape index (κ3) is 9.63. The fourth-order valence-corrected chi connectivity index (χ4v) is 7.02. The lowest BCUT2D eigenvalue weighted by Gasteiger charge is -2.40. The summed E-state index contributed by atoms with van der Waals surface area (Å²) in [7, 11) is 0. The van der Waals surface area contributed by atoms with Crippen LogP contribution in [-0.4, -0.2) is 92.3 Å². The molecule has 54 heavy (non-hydrogen) atoms. The summed E-state index contributed by atoms with van der Waals surface area (Å²) in [5.41, 5.74) is 6.67. The standard InChI is InChI=1S/C39H47F2N7O6/c1-39(2,3)35(36-45-31(28-20-26(40)10-12-29(28)41)22-46(36)21-24-7-5-4-6-8-24)48(34(52)23-49)17-15-30(42)38(54)44-27-11-9-25(19-27)37(53)43-16-18-47-32(50)13-14-33(47)51/h4-8,10,12-14,20,22,25,27,30,35,49H,9,11,15-19,21,23,42H2,1-3H3,(H,43,53)(H,44,54)/t25-,27+,30-,35-/m0/s1. The molecule has 5 N–H and O–H groups in total. The van der Waals surface area contributed by atoms with Gasteiger partial charge in [0.15, 0.2) is 0 Å². The van der Waals surface area contributed by atoms with Crippen molar-refractivity contribution in [2.45, 2.75) is 71.1 Å². The molecule has 5 amide bonds. The van der Waals surface area contributed by atoms with Gasteiger partial charge in [-0.3, -0.25) is 28.9 Å². The molecule has 0 radical (unpaired) electrons. The average molecular weight is 748 g/mol. The van der Waals surface area contributed by atoms with Crippen LogP contribution in [0.5, 0.6) is 0 Å². The van der Waals surface area contributed by atoms with Crippen molar-refractivity contribution in [3.63, 3.8) is 0 Å². The van der Waals surface area contributed by atoms with Crippen LogP contribution < -0.4 is 16.4 Å². The number of aromatic nitrogens is 2. The molecule has 2 aromatic carbocycles. The van der Waals surface area contributed by atoms with Gasteiger partial charge in [-0.15, -0.1) is 0 Å². The Kier molecular flexibility index (Phi) is 12.7. The summed E-state index contributed by atoms with van der Waals surface area (Å²) in [5.74, 6) is -3.47. The third-order valence-corrected chi connectivity index (χ3v) is 9.74. The molecule has 2 heterocycles. The quantitative estimate of drug-likeness (QED) is 0.172. The Bertz CT molecular complexity index is 1880. The average Bonchev–Trinajstić information content (AvgIpc) is 3.86. The smallest absolute Gasteiger partial charge is 0.253 e. The molecular weight excluding hydrogens is 700 g/mol. The maximum absolute atomic E-state index is 15.0. The highest BCUT2D eigenvalue weighted by molar-refractivity contribution is 6.12. The lowest BCUT2D eigenvalue weighted by atomic mass is 9.84. The van der Waals surface area contributed by atoms with Gasteiger partial charge in [-0.05, 0) is 54.9 Å². The molecule has 1 saturated carbocycles. The number of hydrogen-bond acceptors (Lipinski definition) is 8. The van der Waals surface area contributed by atoms with E-state index in [9.17, 15) is 33.5 Å². The highest BCUT2D eigenvalue weighted by Crippen LogP contribution is 2.39. The number of hydrogen-bond donors (Lipinski definition) is 4. The molecule has 2 aliphatic rings. The Morgan fingerprint density at radius 1 is 1.06 bits per heavy atom. The van der Waals surface area contributed by atoms with Crippen LogP contribution in [0.15, 0.2) is 66.9 Å². The Labute approximate surface area is 312 Å². The van der Waals surface area contributed by atoms with Crippen LogP contribution in [0.2, 0.25) is 0 Å². The number of imide groups is 1. The van der Waals surface area contributed by atoms with E-state index in [0.29, 0.717) is 31.6 Å². The fourth-order valence-electron chi connectivity index (χ4n) is 7.02. The maximum atomic E-state index is 15.0. The van der Waals surface area contributed by atoms with Crippen molar-refractivity contribution in [1.82, 2.24) is 30.0 Å². The van der Waals surface area contributed by atoms with Crippen molar-refractivity contribution in [3.8, 4) is 11.3 Å². The Morgan fingerprint density at radius 3 is 2.43 bits per heavy atom. The van der Waals surface area contributed by atoms with E-state index in [1.165, 1.54) is 17.1 Å². The van der Waals surface area contributed by atoms with Gasteiger partial charge < -0.3 is 30.9 Å². The van der Waals surface area contributed by atoms with Gasteiger partial charge in [0.1, 0.15) is 24.1 Å². The second-order valence-electron chi connectivity index (χ2n) is 14.8. The van der Waals surface area contributed by atoms with Crippen molar-refractivity contribution in [3.05, 3.63) is 89.9 Å². The summed E-state index contributed by atoms with van der Waals surface area (Å²) in [6, 6.07) is 10.4. The molecular formula is C39H47F2N7O6. The van der Waals surface area contributed by atoms with E-state index in [-0.39, 0.29) is 55.2 Å². The van der Waals surface area contributed by atoms with Gasteiger partial charge in [0.05, 0.1) is 17.8 Å². The van der Waals surface area contributed by atoms with Gasteiger partial charge in [-0.2, -0.15) is 0 Å². The van der Waals surface area contributed by atoms with E-state index < -0.39 is 59.4 Å². The van der Waals surface area contributed by atoms with Crippen molar-refractivity contribution in [1.29, 1.82) is 0 Å². The van der Waals surface area contributed by atoms with Crippen molar-refractivity contribution < 1.29 is 37.9 Å². The summed E-state index contributed by atoms with van der Waals surface area (Å²) in [6.07, 6.45) is 5.45. The number of benzene rings is 2. The van der Waals surface area contributed by atoms with Crippen LogP contribution in [-0.2, 0) is 30.5 Å². The maximum Gasteiger partial charge on any atom is 0.253 e. The Morgan fingerprint density at radius 2 is 1.76 bits per heavy atom. The normalized spacial score (nSPS) is 18.2. The third-order valence-electron chi connectivity index (χ3n) is 9.74. The molecule has 3 aromatic rings. The number of carbonyl (C=O) groups is 5. The van der Waals surface area contributed by atoms with Gasteiger partial charge in [0.25, 0.3) is 11.8 Å². The number of amides is 5. The SMILES string of the molecule is CC(C)(C)[C@H](c1nc(-c2cc(F)ccc2F)cn1Cc1ccccc1)N(CC[C@H](N)C(=O)N[C@@H]1CC[C@H](C(=O)NCCN2C(=O)C=CC2=O)C1)C(=O)CO. The monoisotopic (exact) mass is 747 g/mol. The fraction of sp³-hybridized carbons (Fsp3) is 0.436. The number of nitrogens with one attached hydrogen (secondary N) is 2. The lowest BCUT2D eigenvalue weighted by molar-refractivity contribution is -0.140. The topological polar surface area (TPSA) is 180 Å². The van der Waals surface area contributed by atoms with E-state index in [4.69, 9.17) is 10.7 Å². The highest BCUT2D eigenvalue weighted by atomic mass is 19.1. The number of halogens is 2. The minimum absolute atomic E-state index is 0.0222. The van der Waals surface area contributed by atoms with Crippen molar-refractivity contribution in [2.24, 2.45) is 17.1 Å². The molecule has 0 spiro atoms. The van der Waals surface area contributed by atoms with Crippen LogP contribution in [0.4, 0.5) is 8.78 Å². The zero-order valence-corrected chi connectivity index (χ0v) is 30.6. The molecule has 15 heteroatoms.